The van der Waals surface area contributed by atoms with Gasteiger partial charge < -0.3 is 9.52 Å². The zero-order valence-corrected chi connectivity index (χ0v) is 20.3. The Morgan fingerprint density at radius 3 is 2.75 bits per heavy atom. The van der Waals surface area contributed by atoms with Crippen LogP contribution in [0.5, 0.6) is 0 Å². The van der Waals surface area contributed by atoms with Crippen molar-refractivity contribution in [2.24, 2.45) is 33.0 Å². The van der Waals surface area contributed by atoms with Crippen LogP contribution in [0.15, 0.2) is 45.2 Å². The molecule has 172 valence electrons. The molecule has 6 heteroatoms. The lowest BCUT2D eigenvalue weighted by Gasteiger charge is -2.57. The maximum Gasteiger partial charge on any atom is 0.306 e. The van der Waals surface area contributed by atoms with Gasteiger partial charge in [0, 0.05) is 12.5 Å². The summed E-state index contributed by atoms with van der Waals surface area (Å²) in [6, 6.07) is 0. The van der Waals surface area contributed by atoms with Gasteiger partial charge in [0.1, 0.15) is 6.26 Å². The number of aliphatic hydroxyl groups is 1. The second kappa shape index (κ2) is 8.21. The van der Waals surface area contributed by atoms with Gasteiger partial charge in [0.15, 0.2) is 0 Å². The Balaban J connectivity index is 0.000000501. The SMILES string of the molecule is C=NSC.CC12CCC3C(CC=C4C[C@@H](O)CC[C@@]43C)C1CC=C2c1cnc2occn12. The maximum absolute atomic E-state index is 10.2. The van der Waals surface area contributed by atoms with E-state index in [-0.39, 0.29) is 11.5 Å². The lowest BCUT2D eigenvalue weighted by Crippen LogP contribution is -2.49. The summed E-state index contributed by atoms with van der Waals surface area (Å²) in [6.07, 6.45) is 20.4. The van der Waals surface area contributed by atoms with Crippen LogP contribution >= 0.6 is 11.9 Å². The van der Waals surface area contributed by atoms with Crippen molar-refractivity contribution in [1.82, 2.24) is 9.38 Å². The van der Waals surface area contributed by atoms with Crippen LogP contribution < -0.4 is 0 Å². The van der Waals surface area contributed by atoms with Crippen molar-refractivity contribution in [1.29, 1.82) is 0 Å². The van der Waals surface area contributed by atoms with Crippen LogP contribution in [0.25, 0.3) is 11.4 Å². The third kappa shape index (κ3) is 3.25. The van der Waals surface area contributed by atoms with Crippen molar-refractivity contribution >= 4 is 30.1 Å². The van der Waals surface area contributed by atoms with Crippen LogP contribution in [0.2, 0.25) is 0 Å². The summed E-state index contributed by atoms with van der Waals surface area (Å²) in [5, 5.41) is 10.2. The predicted molar refractivity (Wildman–Crippen MR) is 132 cm³/mol. The standard InChI is InChI=1S/C24H30N2O2.C2H5NS/c1-23-9-7-16(27)13-15(23)3-4-17-18-5-6-20(24(18,2)10-8-19(17)23)21-14-25-22-26(21)11-12-28-22;1-3-4-2/h3,6,11-12,14,16-19,27H,4-5,7-10,13H2,1-2H3;1H2,2H3/t16-,17?,18?,19?,23-,24?;/m0./s1. The van der Waals surface area contributed by atoms with Gasteiger partial charge in [0.05, 0.1) is 18.0 Å². The average molecular weight is 454 g/mol. The van der Waals surface area contributed by atoms with Crippen molar-refractivity contribution < 1.29 is 9.52 Å². The summed E-state index contributed by atoms with van der Waals surface area (Å²) in [4.78, 5) is 4.47. The molecule has 0 amide bonds. The van der Waals surface area contributed by atoms with E-state index in [0.29, 0.717) is 17.2 Å². The zero-order valence-electron chi connectivity index (χ0n) is 19.5. The Hall–Kier alpha value is -1.79. The van der Waals surface area contributed by atoms with Crippen LogP contribution in [0.1, 0.15) is 64.5 Å². The maximum atomic E-state index is 10.2. The van der Waals surface area contributed by atoms with E-state index in [2.05, 4.69) is 46.5 Å². The number of aromatic nitrogens is 2. The van der Waals surface area contributed by atoms with E-state index in [0.717, 1.165) is 31.1 Å². The lowest BCUT2D eigenvalue weighted by molar-refractivity contribution is -0.0238. The van der Waals surface area contributed by atoms with Crippen molar-refractivity contribution in [3.05, 3.63) is 42.1 Å². The first-order valence-electron chi connectivity index (χ1n) is 11.9. The number of rotatable bonds is 2. The van der Waals surface area contributed by atoms with E-state index in [1.54, 1.807) is 11.8 Å². The minimum atomic E-state index is -0.122. The molecule has 2 heterocycles. The molecule has 2 fully saturated rings. The molecule has 0 bridgehead atoms. The number of hydrogen-bond acceptors (Lipinski definition) is 5. The Labute approximate surface area is 195 Å². The number of imidazole rings is 1. The highest BCUT2D eigenvalue weighted by Gasteiger charge is 2.57. The first kappa shape index (κ1) is 22.0. The quantitative estimate of drug-likeness (QED) is 0.334. The van der Waals surface area contributed by atoms with Crippen LogP contribution in [-0.2, 0) is 0 Å². The van der Waals surface area contributed by atoms with Crippen molar-refractivity contribution in [2.75, 3.05) is 6.26 Å². The van der Waals surface area contributed by atoms with Crippen molar-refractivity contribution in [3.63, 3.8) is 0 Å². The van der Waals surface area contributed by atoms with Crippen molar-refractivity contribution in [3.8, 4) is 0 Å². The van der Waals surface area contributed by atoms with Gasteiger partial charge in [-0.2, -0.15) is 0 Å². The Morgan fingerprint density at radius 1 is 1.19 bits per heavy atom. The highest BCUT2D eigenvalue weighted by molar-refractivity contribution is 7.97. The number of oxazole rings is 1. The topological polar surface area (TPSA) is 63.0 Å². The third-order valence-corrected chi connectivity index (χ3v) is 9.47. The minimum absolute atomic E-state index is 0.122. The molecule has 0 saturated heterocycles. The van der Waals surface area contributed by atoms with Gasteiger partial charge in [-0.3, -0.25) is 4.40 Å². The highest BCUT2D eigenvalue weighted by atomic mass is 32.2. The molecule has 6 atom stereocenters. The largest absolute Gasteiger partial charge is 0.432 e. The van der Waals surface area contributed by atoms with E-state index in [1.807, 2.05) is 18.6 Å². The van der Waals surface area contributed by atoms with E-state index < -0.39 is 0 Å². The molecule has 2 aromatic heterocycles. The van der Waals surface area contributed by atoms with Gasteiger partial charge in [-0.25, -0.2) is 9.38 Å². The highest BCUT2D eigenvalue weighted by Crippen LogP contribution is 2.66. The molecule has 5 nitrogen and oxygen atoms in total. The molecule has 0 radical (unpaired) electrons. The molecule has 4 aliphatic rings. The van der Waals surface area contributed by atoms with Gasteiger partial charge in [-0.1, -0.05) is 31.6 Å². The third-order valence-electron chi connectivity index (χ3n) is 9.21. The summed E-state index contributed by atoms with van der Waals surface area (Å²) >= 11 is 1.37. The number of fused-ring (bicyclic) bond motifs is 6. The molecule has 2 aromatic rings. The molecular formula is C26H35N3O2S. The Kier molecular flexibility index (Phi) is 5.65. The minimum Gasteiger partial charge on any atom is -0.432 e. The second-order valence-electron chi connectivity index (χ2n) is 10.5. The summed E-state index contributed by atoms with van der Waals surface area (Å²) in [5.41, 5.74) is 4.78. The summed E-state index contributed by atoms with van der Waals surface area (Å²) in [7, 11) is 0. The van der Waals surface area contributed by atoms with Crippen LogP contribution in [-0.4, -0.2) is 33.6 Å². The number of nitrogens with zero attached hydrogens (tertiary/aromatic N) is 3. The monoisotopic (exact) mass is 453 g/mol. The fourth-order valence-corrected chi connectivity index (χ4v) is 7.53. The van der Waals surface area contributed by atoms with Gasteiger partial charge in [0.2, 0.25) is 0 Å². The van der Waals surface area contributed by atoms with Crippen LogP contribution in [0.4, 0.5) is 0 Å². The fourth-order valence-electron chi connectivity index (χ4n) is 7.53. The molecule has 4 unspecified atom stereocenters. The van der Waals surface area contributed by atoms with Gasteiger partial charge >= 0.3 is 5.84 Å². The molecule has 0 aliphatic heterocycles. The van der Waals surface area contributed by atoms with E-state index in [9.17, 15) is 5.11 Å². The molecular weight excluding hydrogens is 418 g/mol. The number of aliphatic hydroxyl groups excluding tert-OH is 1. The predicted octanol–water partition coefficient (Wildman–Crippen LogP) is 6.21. The summed E-state index contributed by atoms with van der Waals surface area (Å²) < 4.78 is 11.0. The normalized spacial score (nSPS) is 38.0. The first-order valence-corrected chi connectivity index (χ1v) is 13.1. The zero-order chi connectivity index (χ0) is 22.5. The van der Waals surface area contributed by atoms with Gasteiger partial charge in [-0.05, 0) is 97.8 Å². The van der Waals surface area contributed by atoms with Crippen LogP contribution in [0.3, 0.4) is 0 Å². The summed E-state index contributed by atoms with van der Waals surface area (Å²) in [5.74, 6) is 2.92. The molecule has 1 N–H and O–H groups in total. The van der Waals surface area contributed by atoms with Gasteiger partial charge in [-0.15, -0.1) is 0 Å². The van der Waals surface area contributed by atoms with Crippen LogP contribution in [0, 0.1) is 28.6 Å². The van der Waals surface area contributed by atoms with Gasteiger partial charge in [0.25, 0.3) is 0 Å². The number of hydrogen-bond donors (Lipinski definition) is 1. The Bertz CT molecular complexity index is 1070. The smallest absolute Gasteiger partial charge is 0.306 e. The molecule has 4 aliphatic carbocycles. The molecule has 0 aromatic carbocycles. The van der Waals surface area contributed by atoms with E-state index >= 15 is 0 Å². The fraction of sp³-hybridized carbons (Fsp3) is 0.615. The van der Waals surface area contributed by atoms with E-state index in [1.165, 1.54) is 48.9 Å². The van der Waals surface area contributed by atoms with E-state index in [4.69, 9.17) is 4.42 Å². The first-order chi connectivity index (χ1) is 15.4. The molecule has 0 spiro atoms. The Morgan fingerprint density at radius 2 is 1.97 bits per heavy atom. The summed E-state index contributed by atoms with van der Waals surface area (Å²) in [6.45, 7) is 8.19. The lowest BCUT2D eigenvalue weighted by atomic mass is 9.47. The molecule has 6 rings (SSSR count). The molecule has 2 saturated carbocycles. The molecule has 32 heavy (non-hydrogen) atoms. The van der Waals surface area contributed by atoms with Crippen molar-refractivity contribution in [2.45, 2.75) is 64.9 Å². The average Bonchev–Trinajstić information content (AvgIpc) is 3.48. The number of allylic oxidation sites excluding steroid dienone is 3. The second-order valence-corrected chi connectivity index (χ2v) is 11.1.